The normalized spacial score (nSPS) is 19.0. The van der Waals surface area contributed by atoms with E-state index in [1.54, 1.807) is 62.9 Å². The summed E-state index contributed by atoms with van der Waals surface area (Å²) in [5.74, 6) is 0.893. The molecule has 0 fully saturated rings. The van der Waals surface area contributed by atoms with E-state index in [4.69, 9.17) is 0 Å². The molecule has 0 aromatic heterocycles. The van der Waals surface area contributed by atoms with E-state index in [0.717, 1.165) is 0 Å². The van der Waals surface area contributed by atoms with Gasteiger partial charge < -0.3 is 24.8 Å². The number of fused-ring (bicyclic) bond motifs is 2. The maximum atomic E-state index is 2.69. The SMILES string of the molecule is CC1=Cc2c(-c3ccccc3)cc(C)cc2C1c1cc2c3c(-c4ccc(C(C)(C)C)cc4)c1[Si](C)(C)C3=C(C(C)C)[CH]2[Zr+2].[Cl-].[Cl-]. The molecule has 0 nitrogen and oxygen atoms in total. The molecule has 2 bridgehead atoms. The first kappa shape index (κ1) is 34.4. The Hall–Kier alpha value is -1.96. The second-order valence-electron chi connectivity index (χ2n) is 15.1. The van der Waals surface area contributed by atoms with Crippen LogP contribution in [0.15, 0.2) is 83.9 Å². The summed E-state index contributed by atoms with van der Waals surface area (Å²) in [6.07, 6.45) is 2.50. The van der Waals surface area contributed by atoms with Crippen LogP contribution in [0.1, 0.15) is 90.0 Å². The van der Waals surface area contributed by atoms with Gasteiger partial charge in [-0.15, -0.1) is 0 Å². The molecule has 0 spiro atoms. The van der Waals surface area contributed by atoms with Crippen molar-refractivity contribution >= 4 is 24.5 Å². The molecule has 229 valence electrons. The third-order valence-corrected chi connectivity index (χ3v) is 15.5. The largest absolute Gasteiger partial charge is 1.00 e. The van der Waals surface area contributed by atoms with Crippen molar-refractivity contribution in [3.05, 3.63) is 123 Å². The molecule has 4 heteroatoms. The van der Waals surface area contributed by atoms with Gasteiger partial charge in [-0.05, 0) is 0 Å². The molecular formula is C41H43Cl2SiZr. The van der Waals surface area contributed by atoms with Crippen LogP contribution in [-0.2, 0) is 30.1 Å². The van der Waals surface area contributed by atoms with E-state index in [0.29, 0.717) is 15.5 Å². The average molecular weight is 726 g/mol. The summed E-state index contributed by atoms with van der Waals surface area (Å²) in [5, 5.41) is 3.46. The summed E-state index contributed by atoms with van der Waals surface area (Å²) >= 11 is 1.63. The Morgan fingerprint density at radius 3 is 2.00 bits per heavy atom. The number of halogens is 2. The van der Waals surface area contributed by atoms with Crippen molar-refractivity contribution < 1.29 is 49.5 Å². The van der Waals surface area contributed by atoms with Gasteiger partial charge in [-0.3, -0.25) is 0 Å². The molecule has 3 aliphatic rings. The zero-order chi connectivity index (χ0) is 30.6. The molecule has 2 atom stereocenters. The van der Waals surface area contributed by atoms with E-state index in [2.05, 4.69) is 140 Å². The third-order valence-electron chi connectivity index (χ3n) is 10.4. The average Bonchev–Trinajstić information content (AvgIpc) is 3.50. The first-order valence-corrected chi connectivity index (χ1v) is 20.4. The van der Waals surface area contributed by atoms with Gasteiger partial charge in [-0.1, -0.05) is 0 Å². The van der Waals surface area contributed by atoms with Crippen molar-refractivity contribution in [2.24, 2.45) is 5.92 Å². The number of benzene rings is 4. The van der Waals surface area contributed by atoms with Crippen molar-refractivity contribution in [3.8, 4) is 22.3 Å². The fourth-order valence-corrected chi connectivity index (χ4v) is 14.7. The van der Waals surface area contributed by atoms with Crippen LogP contribution in [0.4, 0.5) is 0 Å². The Kier molecular flexibility index (Phi) is 9.11. The number of hydrogen-bond acceptors (Lipinski definition) is 0. The molecule has 1 aliphatic heterocycles. The molecule has 0 N–H and O–H groups in total. The monoisotopic (exact) mass is 723 g/mol. The summed E-state index contributed by atoms with van der Waals surface area (Å²) in [4.78, 5) is 0. The van der Waals surface area contributed by atoms with Crippen molar-refractivity contribution in [2.45, 2.75) is 76.5 Å². The minimum Gasteiger partial charge on any atom is -1.00 e. The molecule has 2 aliphatic carbocycles. The van der Waals surface area contributed by atoms with Gasteiger partial charge >= 0.3 is 277 Å². The van der Waals surface area contributed by atoms with Crippen molar-refractivity contribution in [3.63, 3.8) is 0 Å². The number of rotatable bonds is 4. The van der Waals surface area contributed by atoms with E-state index in [1.807, 2.05) is 0 Å². The molecule has 4 aromatic rings. The predicted molar refractivity (Wildman–Crippen MR) is 184 cm³/mol. The molecule has 0 amide bonds. The van der Waals surface area contributed by atoms with Crippen LogP contribution >= 0.6 is 0 Å². The fourth-order valence-electron chi connectivity index (χ4n) is 8.48. The van der Waals surface area contributed by atoms with Gasteiger partial charge in [-0.2, -0.15) is 0 Å². The predicted octanol–water partition coefficient (Wildman–Crippen LogP) is 4.66. The van der Waals surface area contributed by atoms with Crippen LogP contribution < -0.4 is 30.0 Å². The maximum Gasteiger partial charge on any atom is -1.00 e. The van der Waals surface area contributed by atoms with E-state index in [9.17, 15) is 0 Å². The van der Waals surface area contributed by atoms with Crippen LogP contribution in [0.3, 0.4) is 0 Å². The number of hydrogen-bond donors (Lipinski definition) is 0. The van der Waals surface area contributed by atoms with Crippen molar-refractivity contribution in [2.75, 3.05) is 0 Å². The Labute approximate surface area is 299 Å². The van der Waals surface area contributed by atoms with Gasteiger partial charge in [0.25, 0.3) is 0 Å². The molecule has 7 rings (SSSR count). The molecule has 1 heterocycles. The Morgan fingerprint density at radius 1 is 0.756 bits per heavy atom. The van der Waals surface area contributed by atoms with Crippen LogP contribution in [-0.4, -0.2) is 8.07 Å². The summed E-state index contributed by atoms with van der Waals surface area (Å²) in [6, 6.07) is 28.2. The Balaban J connectivity index is 0.00000200. The second kappa shape index (κ2) is 11.9. The van der Waals surface area contributed by atoms with Gasteiger partial charge in [0.1, 0.15) is 0 Å². The summed E-state index contributed by atoms with van der Waals surface area (Å²) < 4.78 is 0.562. The Bertz CT molecular complexity index is 1870. The van der Waals surface area contributed by atoms with Gasteiger partial charge in [0, 0.05) is 0 Å². The van der Waals surface area contributed by atoms with Crippen molar-refractivity contribution in [1.82, 2.24) is 0 Å². The van der Waals surface area contributed by atoms with Crippen LogP contribution in [0.25, 0.3) is 33.5 Å². The molecular weight excluding hydrogens is 683 g/mol. The molecule has 0 saturated carbocycles. The topological polar surface area (TPSA) is 0 Å². The van der Waals surface area contributed by atoms with E-state index >= 15 is 0 Å². The van der Waals surface area contributed by atoms with Gasteiger partial charge in [-0.25, -0.2) is 0 Å². The number of aryl methyl sites for hydroxylation is 1. The van der Waals surface area contributed by atoms with Crippen LogP contribution in [0.2, 0.25) is 13.1 Å². The molecule has 0 radical (unpaired) electrons. The number of allylic oxidation sites excluding steroid dienone is 2. The summed E-state index contributed by atoms with van der Waals surface area (Å²) in [7, 11) is -1.97. The zero-order valence-electron chi connectivity index (χ0n) is 28.0. The van der Waals surface area contributed by atoms with Gasteiger partial charge in [0.05, 0.1) is 0 Å². The minimum absolute atomic E-state index is 0. The van der Waals surface area contributed by atoms with Crippen LogP contribution in [0.5, 0.6) is 0 Å². The molecule has 0 saturated heterocycles. The second-order valence-corrected chi connectivity index (χ2v) is 20.7. The summed E-state index contributed by atoms with van der Waals surface area (Å²) in [6.45, 7) is 21.8. The standard InChI is InChI=1S/C41H43Si.2ClH.Zr/c1-24(2)31-22-29-23-35(36-26(4)21-33-32(19-25(3)20-34(33)36)27-13-11-10-12-14-27)40-37(38(29)39(31)42(40,8)9)28-15-17-30(18-16-28)41(5,6)7;;;/h10-24,36H,1-9H3;2*1H;/q;;;+2/p-2. The van der Waals surface area contributed by atoms with Gasteiger partial charge in [0.15, 0.2) is 0 Å². The van der Waals surface area contributed by atoms with E-state index in [-0.39, 0.29) is 30.2 Å². The molecule has 45 heavy (non-hydrogen) atoms. The molecule has 2 unspecified atom stereocenters. The van der Waals surface area contributed by atoms with E-state index in [1.165, 1.54) is 44.5 Å². The Morgan fingerprint density at radius 2 is 1.40 bits per heavy atom. The zero-order valence-corrected chi connectivity index (χ0v) is 33.0. The maximum absolute atomic E-state index is 2.69. The quantitative estimate of drug-likeness (QED) is 0.269. The van der Waals surface area contributed by atoms with Crippen LogP contribution in [0, 0.1) is 12.8 Å². The van der Waals surface area contributed by atoms with E-state index < -0.39 is 8.07 Å². The fraction of sp³-hybridized carbons (Fsp3) is 0.317. The third kappa shape index (κ3) is 5.18. The van der Waals surface area contributed by atoms with Gasteiger partial charge in [0.2, 0.25) is 0 Å². The summed E-state index contributed by atoms with van der Waals surface area (Å²) in [5.41, 5.74) is 19.5. The molecule has 4 aromatic carbocycles. The smallest absolute Gasteiger partial charge is 1.00 e. The first-order valence-electron chi connectivity index (χ1n) is 16.0. The minimum atomic E-state index is -1.97. The first-order chi connectivity index (χ1) is 20.3. The van der Waals surface area contributed by atoms with Crippen molar-refractivity contribution in [1.29, 1.82) is 0 Å².